The van der Waals surface area contributed by atoms with Crippen molar-refractivity contribution in [2.24, 2.45) is 5.41 Å². The first kappa shape index (κ1) is 19.3. The zero-order valence-corrected chi connectivity index (χ0v) is 16.0. The fourth-order valence-electron chi connectivity index (χ4n) is 4.00. The number of aromatic nitrogens is 2. The summed E-state index contributed by atoms with van der Waals surface area (Å²) in [7, 11) is 0. The van der Waals surface area contributed by atoms with Gasteiger partial charge in [-0.15, -0.1) is 0 Å². The van der Waals surface area contributed by atoms with E-state index in [1.807, 2.05) is 6.07 Å². The molecule has 26 heavy (non-hydrogen) atoms. The van der Waals surface area contributed by atoms with Crippen LogP contribution in [-0.4, -0.2) is 72.3 Å². The number of morpholine rings is 1. The van der Waals surface area contributed by atoms with Crippen LogP contribution >= 0.6 is 0 Å². The van der Waals surface area contributed by atoms with Crippen molar-refractivity contribution in [2.75, 3.05) is 55.8 Å². The molecule has 2 aliphatic heterocycles. The standard InChI is InChI=1S/C19H32N4O3/c1-3-5-19(14-24)6-7-23(13-16(19)25)17-12-15(4-2)20-18(21-17)22-8-10-26-11-9-22/h12,16,24-25H,3-11,13-14H2,1-2H3/t16-,19-/m1/s1. The topological polar surface area (TPSA) is 82.0 Å². The van der Waals surface area contributed by atoms with Gasteiger partial charge in [0, 0.05) is 43.4 Å². The molecule has 0 aliphatic carbocycles. The van der Waals surface area contributed by atoms with E-state index in [1.54, 1.807) is 0 Å². The number of aryl methyl sites for hydroxylation is 1. The lowest BCUT2D eigenvalue weighted by molar-refractivity contribution is -0.0372. The van der Waals surface area contributed by atoms with Crippen molar-refractivity contribution in [2.45, 2.75) is 45.6 Å². The lowest BCUT2D eigenvalue weighted by Crippen LogP contribution is -2.53. The number of nitrogens with zero attached hydrogens (tertiary/aromatic N) is 4. The van der Waals surface area contributed by atoms with Crippen LogP contribution in [0.25, 0.3) is 0 Å². The van der Waals surface area contributed by atoms with E-state index >= 15 is 0 Å². The molecule has 7 heteroatoms. The number of hydrogen-bond donors (Lipinski definition) is 2. The third-order valence-electron chi connectivity index (χ3n) is 5.78. The van der Waals surface area contributed by atoms with Crippen LogP contribution in [0.15, 0.2) is 6.07 Å². The number of aliphatic hydroxyl groups is 2. The van der Waals surface area contributed by atoms with E-state index in [-0.39, 0.29) is 12.0 Å². The lowest BCUT2D eigenvalue weighted by Gasteiger charge is -2.45. The third kappa shape index (κ3) is 3.94. The fourth-order valence-corrected chi connectivity index (χ4v) is 4.00. The van der Waals surface area contributed by atoms with Crippen molar-refractivity contribution in [3.05, 3.63) is 11.8 Å². The molecule has 1 aromatic rings. The molecule has 0 amide bonds. The Morgan fingerprint density at radius 1 is 1.19 bits per heavy atom. The molecule has 0 saturated carbocycles. The minimum atomic E-state index is -0.548. The summed E-state index contributed by atoms with van der Waals surface area (Å²) in [4.78, 5) is 13.8. The second-order valence-electron chi connectivity index (χ2n) is 7.45. The van der Waals surface area contributed by atoms with Crippen molar-refractivity contribution >= 4 is 11.8 Å². The highest BCUT2D eigenvalue weighted by atomic mass is 16.5. The Bertz CT molecular complexity index is 594. The van der Waals surface area contributed by atoms with Gasteiger partial charge in [-0.1, -0.05) is 20.3 Å². The van der Waals surface area contributed by atoms with Gasteiger partial charge in [-0.3, -0.25) is 0 Å². The summed E-state index contributed by atoms with van der Waals surface area (Å²) in [5.41, 5.74) is 0.636. The van der Waals surface area contributed by atoms with E-state index in [0.29, 0.717) is 19.8 Å². The molecular formula is C19H32N4O3. The van der Waals surface area contributed by atoms with Gasteiger partial charge in [-0.05, 0) is 19.3 Å². The highest BCUT2D eigenvalue weighted by Crippen LogP contribution is 2.37. The molecule has 3 heterocycles. The molecule has 1 aromatic heterocycles. The first-order chi connectivity index (χ1) is 12.6. The van der Waals surface area contributed by atoms with E-state index in [4.69, 9.17) is 14.7 Å². The monoisotopic (exact) mass is 364 g/mol. The Labute approximate surface area is 156 Å². The van der Waals surface area contributed by atoms with E-state index in [9.17, 15) is 10.2 Å². The molecule has 0 unspecified atom stereocenters. The van der Waals surface area contributed by atoms with Gasteiger partial charge in [0.15, 0.2) is 0 Å². The SMILES string of the molecule is CCC[C@]1(CO)CCN(c2cc(CC)nc(N3CCOCC3)n2)C[C@H]1O. The van der Waals surface area contributed by atoms with Crippen molar-refractivity contribution < 1.29 is 14.9 Å². The molecule has 7 nitrogen and oxygen atoms in total. The second-order valence-corrected chi connectivity index (χ2v) is 7.45. The molecule has 2 atom stereocenters. The predicted molar refractivity (Wildman–Crippen MR) is 102 cm³/mol. The maximum absolute atomic E-state index is 10.8. The summed E-state index contributed by atoms with van der Waals surface area (Å²) in [6.45, 7) is 8.55. The molecule has 3 rings (SSSR count). The zero-order valence-electron chi connectivity index (χ0n) is 16.0. The van der Waals surface area contributed by atoms with Crippen LogP contribution in [0.3, 0.4) is 0 Å². The molecule has 2 saturated heterocycles. The molecule has 0 spiro atoms. The van der Waals surface area contributed by atoms with Gasteiger partial charge in [0.25, 0.3) is 0 Å². The largest absolute Gasteiger partial charge is 0.396 e. The summed E-state index contributed by atoms with van der Waals surface area (Å²) in [5.74, 6) is 1.63. The van der Waals surface area contributed by atoms with Gasteiger partial charge in [-0.2, -0.15) is 4.98 Å². The van der Waals surface area contributed by atoms with Gasteiger partial charge < -0.3 is 24.7 Å². The Morgan fingerprint density at radius 2 is 1.96 bits per heavy atom. The first-order valence-electron chi connectivity index (χ1n) is 9.86. The van der Waals surface area contributed by atoms with Crippen LogP contribution in [0, 0.1) is 5.41 Å². The van der Waals surface area contributed by atoms with Gasteiger partial charge in [0.1, 0.15) is 5.82 Å². The Hall–Kier alpha value is -1.44. The molecule has 0 radical (unpaired) electrons. The summed E-state index contributed by atoms with van der Waals surface area (Å²) < 4.78 is 5.43. The van der Waals surface area contributed by atoms with Crippen molar-refractivity contribution in [3.8, 4) is 0 Å². The molecule has 2 aliphatic rings. The smallest absolute Gasteiger partial charge is 0.227 e. The number of aliphatic hydroxyl groups excluding tert-OH is 2. The van der Waals surface area contributed by atoms with E-state index < -0.39 is 6.10 Å². The van der Waals surface area contributed by atoms with Crippen LogP contribution in [-0.2, 0) is 11.2 Å². The molecule has 2 N–H and O–H groups in total. The molecule has 0 aromatic carbocycles. The molecule has 0 bridgehead atoms. The number of β-amino-alcohol motifs (C(OH)–C–C–N with tert-alkyl or cyclic N) is 1. The van der Waals surface area contributed by atoms with Gasteiger partial charge in [0.05, 0.1) is 25.9 Å². The predicted octanol–water partition coefficient (Wildman–Crippen LogP) is 1.23. The average molecular weight is 364 g/mol. The highest BCUT2D eigenvalue weighted by Gasteiger charge is 2.41. The molecular weight excluding hydrogens is 332 g/mol. The summed E-state index contributed by atoms with van der Waals surface area (Å²) in [6, 6.07) is 2.03. The Morgan fingerprint density at radius 3 is 2.58 bits per heavy atom. The number of piperidine rings is 1. The van der Waals surface area contributed by atoms with Crippen molar-refractivity contribution in [1.82, 2.24) is 9.97 Å². The van der Waals surface area contributed by atoms with Crippen LogP contribution in [0.2, 0.25) is 0 Å². The van der Waals surface area contributed by atoms with E-state index in [1.165, 1.54) is 0 Å². The quantitative estimate of drug-likeness (QED) is 0.785. The molecule has 146 valence electrons. The maximum Gasteiger partial charge on any atom is 0.227 e. The highest BCUT2D eigenvalue weighted by molar-refractivity contribution is 5.47. The number of hydrogen-bond acceptors (Lipinski definition) is 7. The maximum atomic E-state index is 10.8. The number of ether oxygens (including phenoxy) is 1. The van der Waals surface area contributed by atoms with Gasteiger partial charge >= 0.3 is 0 Å². The number of anilines is 2. The van der Waals surface area contributed by atoms with Gasteiger partial charge in [0.2, 0.25) is 5.95 Å². The van der Waals surface area contributed by atoms with E-state index in [0.717, 1.165) is 62.8 Å². The summed E-state index contributed by atoms with van der Waals surface area (Å²) in [6.07, 6.45) is 2.89. The van der Waals surface area contributed by atoms with Gasteiger partial charge in [-0.25, -0.2) is 4.98 Å². The average Bonchev–Trinajstić information content (AvgIpc) is 2.70. The Kier molecular flexibility index (Phi) is 6.32. The van der Waals surface area contributed by atoms with Crippen LogP contribution in [0.1, 0.15) is 38.8 Å². The van der Waals surface area contributed by atoms with Crippen molar-refractivity contribution in [1.29, 1.82) is 0 Å². The minimum absolute atomic E-state index is 0.0405. The fraction of sp³-hybridized carbons (Fsp3) is 0.789. The van der Waals surface area contributed by atoms with Crippen molar-refractivity contribution in [3.63, 3.8) is 0 Å². The minimum Gasteiger partial charge on any atom is -0.396 e. The third-order valence-corrected chi connectivity index (χ3v) is 5.78. The van der Waals surface area contributed by atoms with E-state index in [2.05, 4.69) is 23.6 Å². The summed E-state index contributed by atoms with van der Waals surface area (Å²) >= 11 is 0. The number of rotatable bonds is 6. The Balaban J connectivity index is 1.80. The first-order valence-corrected chi connectivity index (χ1v) is 9.86. The molecule has 2 fully saturated rings. The summed E-state index contributed by atoms with van der Waals surface area (Å²) in [5, 5.41) is 20.6. The lowest BCUT2D eigenvalue weighted by atomic mass is 9.73. The van der Waals surface area contributed by atoms with Crippen LogP contribution in [0.4, 0.5) is 11.8 Å². The normalized spacial score (nSPS) is 27.0. The second kappa shape index (κ2) is 8.50. The zero-order chi connectivity index (χ0) is 18.6. The van der Waals surface area contributed by atoms with Crippen LogP contribution in [0.5, 0.6) is 0 Å². The van der Waals surface area contributed by atoms with Crippen LogP contribution < -0.4 is 9.80 Å².